The average molecular weight is 252 g/mol. The second-order valence-corrected chi connectivity index (χ2v) is 4.88. The first-order valence-electron chi connectivity index (χ1n) is 6.83. The monoisotopic (exact) mass is 252 g/mol. The molecule has 0 unspecified atom stereocenters. The van der Waals surface area contributed by atoms with E-state index in [-0.39, 0.29) is 5.82 Å². The lowest BCUT2D eigenvalue weighted by Gasteiger charge is -2.29. The Kier molecular flexibility index (Phi) is 5.45. The first-order chi connectivity index (χ1) is 8.53. The fourth-order valence-electron chi connectivity index (χ4n) is 2.21. The smallest absolute Gasteiger partial charge is 0.128 e. The van der Waals surface area contributed by atoms with Gasteiger partial charge in [0.2, 0.25) is 0 Å². The summed E-state index contributed by atoms with van der Waals surface area (Å²) in [6.45, 7) is 10.2. The Bertz CT molecular complexity index is 386. The number of hydrogen-bond donors (Lipinski definition) is 1. The highest BCUT2D eigenvalue weighted by atomic mass is 19.1. The molecule has 1 rings (SSSR count). The molecule has 1 aromatic carbocycles. The van der Waals surface area contributed by atoms with Gasteiger partial charge in [-0.2, -0.15) is 0 Å². The lowest BCUT2D eigenvalue weighted by atomic mass is 10.0. The zero-order valence-corrected chi connectivity index (χ0v) is 12.0. The highest BCUT2D eigenvalue weighted by Crippen LogP contribution is 2.27. The summed E-state index contributed by atoms with van der Waals surface area (Å²) >= 11 is 0. The molecule has 0 aliphatic heterocycles. The minimum absolute atomic E-state index is 0.227. The van der Waals surface area contributed by atoms with Gasteiger partial charge in [-0.15, -0.1) is 0 Å². The predicted octanol–water partition coefficient (Wildman–Crippen LogP) is 3.98. The quantitative estimate of drug-likeness (QED) is 0.776. The molecular formula is C15H25FN2. The molecule has 102 valence electrons. The maximum absolute atomic E-state index is 13.4. The van der Waals surface area contributed by atoms with E-state index >= 15 is 0 Å². The molecule has 0 saturated carbocycles. The predicted molar refractivity (Wildman–Crippen MR) is 77.5 cm³/mol. The zero-order chi connectivity index (χ0) is 13.7. The second-order valence-electron chi connectivity index (χ2n) is 4.88. The van der Waals surface area contributed by atoms with E-state index < -0.39 is 0 Å². The van der Waals surface area contributed by atoms with E-state index in [1.165, 1.54) is 6.07 Å². The third-order valence-corrected chi connectivity index (χ3v) is 3.66. The van der Waals surface area contributed by atoms with Crippen molar-refractivity contribution in [1.82, 2.24) is 0 Å². The van der Waals surface area contributed by atoms with Crippen molar-refractivity contribution < 1.29 is 4.39 Å². The van der Waals surface area contributed by atoms with Crippen molar-refractivity contribution in [2.75, 3.05) is 23.7 Å². The number of hydrogen-bond acceptors (Lipinski definition) is 2. The zero-order valence-electron chi connectivity index (χ0n) is 12.0. The van der Waals surface area contributed by atoms with Crippen molar-refractivity contribution in [3.8, 4) is 0 Å². The summed E-state index contributed by atoms with van der Waals surface area (Å²) in [5, 5.41) is 0. The summed E-state index contributed by atoms with van der Waals surface area (Å²) in [5.41, 5.74) is 8.09. The van der Waals surface area contributed by atoms with Gasteiger partial charge in [0.05, 0.1) is 11.4 Å². The number of nitrogens with zero attached hydrogens (tertiary/aromatic N) is 1. The normalized spacial score (nSPS) is 11.0. The van der Waals surface area contributed by atoms with Crippen molar-refractivity contribution >= 4 is 11.4 Å². The highest BCUT2D eigenvalue weighted by Gasteiger charge is 2.14. The molecule has 0 radical (unpaired) electrons. The molecule has 2 nitrogen and oxygen atoms in total. The van der Waals surface area contributed by atoms with E-state index in [1.54, 1.807) is 6.92 Å². The van der Waals surface area contributed by atoms with E-state index in [2.05, 4.69) is 25.7 Å². The van der Waals surface area contributed by atoms with Crippen LogP contribution in [0.15, 0.2) is 12.1 Å². The second kappa shape index (κ2) is 6.62. The van der Waals surface area contributed by atoms with Crippen LogP contribution >= 0.6 is 0 Å². The molecule has 0 spiro atoms. The Morgan fingerprint density at radius 1 is 1.22 bits per heavy atom. The van der Waals surface area contributed by atoms with Gasteiger partial charge in [0.15, 0.2) is 0 Å². The molecule has 0 saturated heterocycles. The number of nitrogens with two attached hydrogens (primary N) is 1. The largest absolute Gasteiger partial charge is 0.397 e. The van der Waals surface area contributed by atoms with Gasteiger partial charge in [0, 0.05) is 13.1 Å². The Morgan fingerprint density at radius 2 is 1.83 bits per heavy atom. The molecule has 0 aliphatic carbocycles. The molecule has 0 atom stereocenters. The molecule has 1 aromatic rings. The Morgan fingerprint density at radius 3 is 2.33 bits per heavy atom. The van der Waals surface area contributed by atoms with Gasteiger partial charge < -0.3 is 10.6 Å². The Labute approximate surface area is 110 Å². The number of halogens is 1. The lowest BCUT2D eigenvalue weighted by molar-refractivity contribution is 0.486. The van der Waals surface area contributed by atoms with Crippen molar-refractivity contribution in [2.24, 2.45) is 5.92 Å². The summed E-state index contributed by atoms with van der Waals surface area (Å²) in [6.07, 6.45) is 2.32. The van der Waals surface area contributed by atoms with Crippen LogP contribution in [0.25, 0.3) is 0 Å². The molecule has 0 fully saturated rings. The molecule has 2 N–H and O–H groups in total. The van der Waals surface area contributed by atoms with Crippen molar-refractivity contribution in [3.05, 3.63) is 23.5 Å². The van der Waals surface area contributed by atoms with Gasteiger partial charge in [0.1, 0.15) is 5.82 Å². The van der Waals surface area contributed by atoms with Crippen molar-refractivity contribution in [1.29, 1.82) is 0 Å². The topological polar surface area (TPSA) is 29.3 Å². The molecule has 3 heteroatoms. The fraction of sp³-hybridized carbons (Fsp3) is 0.600. The summed E-state index contributed by atoms with van der Waals surface area (Å²) in [5.74, 6) is 0.435. The highest BCUT2D eigenvalue weighted by molar-refractivity contribution is 5.68. The number of benzene rings is 1. The van der Waals surface area contributed by atoms with Crippen molar-refractivity contribution in [3.63, 3.8) is 0 Å². The Balaban J connectivity index is 2.98. The molecule has 0 amide bonds. The molecule has 0 bridgehead atoms. The van der Waals surface area contributed by atoms with Gasteiger partial charge >= 0.3 is 0 Å². The maximum Gasteiger partial charge on any atom is 0.128 e. The minimum Gasteiger partial charge on any atom is -0.397 e. The lowest BCUT2D eigenvalue weighted by Crippen LogP contribution is -2.29. The molecule has 0 aliphatic rings. The Hall–Kier alpha value is -1.25. The number of anilines is 2. The van der Waals surface area contributed by atoms with Crippen LogP contribution in [0.3, 0.4) is 0 Å². The van der Waals surface area contributed by atoms with E-state index in [1.807, 2.05) is 6.07 Å². The summed E-state index contributed by atoms with van der Waals surface area (Å²) in [6, 6.07) is 3.29. The van der Waals surface area contributed by atoms with Crippen LogP contribution < -0.4 is 10.6 Å². The summed E-state index contributed by atoms with van der Waals surface area (Å²) in [7, 11) is 0. The minimum atomic E-state index is -0.227. The summed E-state index contributed by atoms with van der Waals surface area (Å²) < 4.78 is 13.4. The first kappa shape index (κ1) is 14.8. The van der Waals surface area contributed by atoms with Crippen LogP contribution in [-0.4, -0.2) is 13.1 Å². The van der Waals surface area contributed by atoms with Crippen LogP contribution in [0.2, 0.25) is 0 Å². The fourth-order valence-corrected chi connectivity index (χ4v) is 2.21. The molecule has 0 aromatic heterocycles. The third kappa shape index (κ3) is 3.37. The number of aryl methyl sites for hydroxylation is 1. The van der Waals surface area contributed by atoms with Gasteiger partial charge in [0.25, 0.3) is 0 Å². The number of nitrogen functional groups attached to an aromatic ring is 1. The maximum atomic E-state index is 13.4. The first-order valence-corrected chi connectivity index (χ1v) is 6.83. The van der Waals surface area contributed by atoms with E-state index in [0.29, 0.717) is 17.2 Å². The molecule has 18 heavy (non-hydrogen) atoms. The van der Waals surface area contributed by atoms with E-state index in [0.717, 1.165) is 31.6 Å². The van der Waals surface area contributed by atoms with Gasteiger partial charge in [-0.1, -0.05) is 26.7 Å². The average Bonchev–Trinajstić information content (AvgIpc) is 2.36. The van der Waals surface area contributed by atoms with Crippen LogP contribution in [0.4, 0.5) is 15.8 Å². The van der Waals surface area contributed by atoms with Gasteiger partial charge in [-0.05, 0) is 37.5 Å². The molecular weight excluding hydrogens is 227 g/mol. The SMILES string of the molecule is CCC(CC)CN(CC)c1cc(C)c(F)cc1N. The third-order valence-electron chi connectivity index (χ3n) is 3.66. The molecule has 0 heterocycles. The number of rotatable bonds is 6. The van der Waals surface area contributed by atoms with E-state index in [4.69, 9.17) is 5.73 Å². The van der Waals surface area contributed by atoms with Gasteiger partial charge in [-0.25, -0.2) is 4.39 Å². The van der Waals surface area contributed by atoms with E-state index in [9.17, 15) is 4.39 Å². The van der Waals surface area contributed by atoms with Crippen LogP contribution in [-0.2, 0) is 0 Å². The van der Waals surface area contributed by atoms with Crippen LogP contribution in [0.1, 0.15) is 39.2 Å². The standard InChI is InChI=1S/C15H25FN2/c1-5-12(6-2)10-18(7-3)15-8-11(4)13(16)9-14(15)17/h8-9,12H,5-7,10,17H2,1-4H3. The van der Waals surface area contributed by atoms with Gasteiger partial charge in [-0.3, -0.25) is 0 Å². The summed E-state index contributed by atoms with van der Waals surface area (Å²) in [4.78, 5) is 2.25. The van der Waals surface area contributed by atoms with Crippen molar-refractivity contribution in [2.45, 2.75) is 40.5 Å². The van der Waals surface area contributed by atoms with Crippen LogP contribution in [0, 0.1) is 18.7 Å². The van der Waals surface area contributed by atoms with Crippen LogP contribution in [0.5, 0.6) is 0 Å².